The van der Waals surface area contributed by atoms with Crippen LogP contribution in [0.3, 0.4) is 0 Å². The number of aryl methyl sites for hydroxylation is 1. The third kappa shape index (κ3) is 3.74. The minimum Gasteiger partial charge on any atom is -0.368 e. The molecule has 2 rings (SSSR count). The topological polar surface area (TPSA) is 81.0 Å². The molecule has 0 bridgehead atoms. The summed E-state index contributed by atoms with van der Waals surface area (Å²) in [6, 6.07) is 6.56. The van der Waals surface area contributed by atoms with Crippen LogP contribution in [0.2, 0.25) is 0 Å². The van der Waals surface area contributed by atoms with Crippen LogP contribution in [0, 0.1) is 17.0 Å². The van der Waals surface area contributed by atoms with Crippen LogP contribution in [-0.4, -0.2) is 21.4 Å². The van der Waals surface area contributed by atoms with Crippen LogP contribution in [0.1, 0.15) is 11.3 Å². The summed E-state index contributed by atoms with van der Waals surface area (Å²) in [7, 11) is 0. The predicted octanol–water partition coefficient (Wildman–Crippen LogP) is 2.35. The van der Waals surface area contributed by atoms with Gasteiger partial charge in [-0.05, 0) is 18.9 Å². The maximum atomic E-state index is 10.5. The lowest BCUT2D eigenvalue weighted by atomic mass is 10.1. The lowest BCUT2D eigenvalue weighted by Crippen LogP contribution is -2.07. The molecule has 0 atom stereocenters. The average molecular weight is 258 g/mol. The Morgan fingerprint density at radius 3 is 2.63 bits per heavy atom. The summed E-state index contributed by atoms with van der Waals surface area (Å²) in [5, 5.41) is 13.7. The fourth-order valence-corrected chi connectivity index (χ4v) is 1.67. The molecule has 0 saturated heterocycles. The van der Waals surface area contributed by atoms with Gasteiger partial charge in [0.05, 0.1) is 16.8 Å². The van der Waals surface area contributed by atoms with E-state index in [4.69, 9.17) is 0 Å². The van der Waals surface area contributed by atoms with Crippen LogP contribution < -0.4 is 5.32 Å². The molecule has 0 aliphatic carbocycles. The Hall–Kier alpha value is -2.50. The molecule has 1 aromatic carbocycles. The molecule has 0 unspecified atom stereocenters. The van der Waals surface area contributed by atoms with Gasteiger partial charge in [0.15, 0.2) is 0 Å². The average Bonchev–Trinajstić information content (AvgIpc) is 2.39. The zero-order valence-corrected chi connectivity index (χ0v) is 10.5. The Morgan fingerprint density at radius 1 is 1.26 bits per heavy atom. The van der Waals surface area contributed by atoms with Crippen molar-refractivity contribution in [1.82, 2.24) is 9.97 Å². The predicted molar refractivity (Wildman–Crippen MR) is 72.1 cm³/mol. The van der Waals surface area contributed by atoms with Crippen LogP contribution in [0.4, 0.5) is 11.5 Å². The van der Waals surface area contributed by atoms with Crippen molar-refractivity contribution in [2.75, 3.05) is 11.9 Å². The number of hydrogen-bond donors (Lipinski definition) is 1. The summed E-state index contributed by atoms with van der Waals surface area (Å²) < 4.78 is 0. The molecule has 98 valence electrons. The van der Waals surface area contributed by atoms with E-state index in [1.165, 1.54) is 12.1 Å². The van der Waals surface area contributed by atoms with Gasteiger partial charge in [0, 0.05) is 24.9 Å². The second kappa shape index (κ2) is 5.90. The Kier molecular flexibility index (Phi) is 4.02. The highest BCUT2D eigenvalue weighted by atomic mass is 16.6. The van der Waals surface area contributed by atoms with E-state index < -0.39 is 4.92 Å². The first kappa shape index (κ1) is 12.9. The largest absolute Gasteiger partial charge is 0.368 e. The molecule has 0 amide bonds. The normalized spacial score (nSPS) is 10.2. The first-order chi connectivity index (χ1) is 9.15. The van der Waals surface area contributed by atoms with Gasteiger partial charge in [-0.2, -0.15) is 0 Å². The Bertz CT molecular complexity index is 569. The molecule has 0 radical (unpaired) electrons. The van der Waals surface area contributed by atoms with Crippen molar-refractivity contribution in [3.8, 4) is 0 Å². The van der Waals surface area contributed by atoms with E-state index in [2.05, 4.69) is 15.3 Å². The molecular formula is C13H14N4O2. The van der Waals surface area contributed by atoms with Crippen molar-refractivity contribution in [2.24, 2.45) is 0 Å². The summed E-state index contributed by atoms with van der Waals surface area (Å²) in [5.41, 5.74) is 2.01. The van der Waals surface area contributed by atoms with Gasteiger partial charge < -0.3 is 5.32 Å². The lowest BCUT2D eigenvalue weighted by Gasteiger charge is -2.05. The first-order valence-electron chi connectivity index (χ1n) is 5.91. The quantitative estimate of drug-likeness (QED) is 0.657. The van der Waals surface area contributed by atoms with Crippen LogP contribution in [0.15, 0.2) is 36.7 Å². The van der Waals surface area contributed by atoms with Crippen molar-refractivity contribution >= 4 is 11.5 Å². The molecule has 19 heavy (non-hydrogen) atoms. The number of nitro groups is 1. The monoisotopic (exact) mass is 258 g/mol. The van der Waals surface area contributed by atoms with Crippen molar-refractivity contribution in [3.05, 3.63) is 58.0 Å². The summed E-state index contributed by atoms with van der Waals surface area (Å²) in [6.07, 6.45) is 4.14. The minimum atomic E-state index is -0.398. The zero-order chi connectivity index (χ0) is 13.7. The number of aromatic nitrogens is 2. The number of nitro benzene ring substituents is 1. The van der Waals surface area contributed by atoms with Crippen molar-refractivity contribution < 1.29 is 4.92 Å². The highest BCUT2D eigenvalue weighted by Gasteiger charge is 2.03. The smallest absolute Gasteiger partial charge is 0.269 e. The molecule has 0 fully saturated rings. The van der Waals surface area contributed by atoms with E-state index in [0.717, 1.165) is 23.5 Å². The fraction of sp³-hybridized carbons (Fsp3) is 0.231. The molecular weight excluding hydrogens is 244 g/mol. The molecule has 0 aliphatic heterocycles. The second-order valence-corrected chi connectivity index (χ2v) is 4.15. The Morgan fingerprint density at radius 2 is 2.00 bits per heavy atom. The summed E-state index contributed by atoms with van der Waals surface area (Å²) in [5.74, 6) is 0.738. The van der Waals surface area contributed by atoms with Crippen LogP contribution in [-0.2, 0) is 6.42 Å². The van der Waals surface area contributed by atoms with Gasteiger partial charge in [-0.15, -0.1) is 0 Å². The highest BCUT2D eigenvalue weighted by molar-refractivity contribution is 5.34. The number of hydrogen-bond acceptors (Lipinski definition) is 5. The van der Waals surface area contributed by atoms with Gasteiger partial charge in [0.25, 0.3) is 5.69 Å². The van der Waals surface area contributed by atoms with Crippen molar-refractivity contribution in [1.29, 1.82) is 0 Å². The molecule has 1 N–H and O–H groups in total. The maximum absolute atomic E-state index is 10.5. The van der Waals surface area contributed by atoms with Gasteiger partial charge in [-0.25, -0.2) is 4.98 Å². The van der Waals surface area contributed by atoms with Gasteiger partial charge >= 0.3 is 0 Å². The van der Waals surface area contributed by atoms with Crippen molar-refractivity contribution in [3.63, 3.8) is 0 Å². The van der Waals surface area contributed by atoms with E-state index in [1.807, 2.05) is 6.92 Å². The summed E-state index contributed by atoms with van der Waals surface area (Å²) >= 11 is 0. The first-order valence-corrected chi connectivity index (χ1v) is 5.91. The fourth-order valence-electron chi connectivity index (χ4n) is 1.67. The van der Waals surface area contributed by atoms with E-state index in [1.54, 1.807) is 24.5 Å². The molecule has 1 aromatic heterocycles. The minimum absolute atomic E-state index is 0.112. The molecule has 6 heteroatoms. The number of anilines is 1. The van der Waals surface area contributed by atoms with Gasteiger partial charge in [0.1, 0.15) is 5.82 Å². The zero-order valence-electron chi connectivity index (χ0n) is 10.5. The number of benzene rings is 1. The van der Waals surface area contributed by atoms with Crippen LogP contribution in [0.5, 0.6) is 0 Å². The van der Waals surface area contributed by atoms with Gasteiger partial charge in [0.2, 0.25) is 0 Å². The molecule has 0 saturated carbocycles. The van der Waals surface area contributed by atoms with E-state index in [-0.39, 0.29) is 5.69 Å². The number of nitrogens with one attached hydrogen (secondary N) is 1. The lowest BCUT2D eigenvalue weighted by molar-refractivity contribution is -0.384. The van der Waals surface area contributed by atoms with Gasteiger partial charge in [-0.3, -0.25) is 15.1 Å². The molecule has 0 spiro atoms. The molecule has 1 heterocycles. The third-order valence-corrected chi connectivity index (χ3v) is 2.62. The standard InChI is InChI=1S/C13H14N4O2/c1-10-8-14-9-13(16-10)15-7-6-11-2-4-12(5-3-11)17(18)19/h2-5,8-9H,6-7H2,1H3,(H,15,16). The maximum Gasteiger partial charge on any atom is 0.269 e. The number of non-ortho nitro benzene ring substituents is 1. The molecule has 2 aromatic rings. The molecule has 0 aliphatic rings. The van der Waals surface area contributed by atoms with E-state index >= 15 is 0 Å². The Balaban J connectivity index is 1.87. The van der Waals surface area contributed by atoms with E-state index in [0.29, 0.717) is 6.54 Å². The SMILES string of the molecule is Cc1cncc(NCCc2ccc([N+](=O)[O-])cc2)n1. The number of nitrogens with zero attached hydrogens (tertiary/aromatic N) is 3. The van der Waals surface area contributed by atoms with E-state index in [9.17, 15) is 10.1 Å². The van der Waals surface area contributed by atoms with Crippen LogP contribution in [0.25, 0.3) is 0 Å². The van der Waals surface area contributed by atoms with Gasteiger partial charge in [-0.1, -0.05) is 12.1 Å². The number of rotatable bonds is 5. The van der Waals surface area contributed by atoms with Crippen LogP contribution >= 0.6 is 0 Å². The third-order valence-electron chi connectivity index (χ3n) is 2.62. The molecule has 6 nitrogen and oxygen atoms in total. The Labute approximate surface area is 110 Å². The second-order valence-electron chi connectivity index (χ2n) is 4.15. The van der Waals surface area contributed by atoms with Crippen molar-refractivity contribution in [2.45, 2.75) is 13.3 Å². The summed E-state index contributed by atoms with van der Waals surface area (Å²) in [4.78, 5) is 18.4. The summed E-state index contributed by atoms with van der Waals surface area (Å²) in [6.45, 7) is 2.59. The highest BCUT2D eigenvalue weighted by Crippen LogP contribution is 2.12.